The summed E-state index contributed by atoms with van der Waals surface area (Å²) in [6.45, 7) is 5.19. The van der Waals surface area contributed by atoms with Gasteiger partial charge in [-0.25, -0.2) is 0 Å². The number of aryl methyl sites for hydroxylation is 3. The lowest BCUT2D eigenvalue weighted by molar-refractivity contribution is 0.278. The standard InChI is InChI=1S/C9H12BN9O3/c1-4-11-7(17-14-4)20-10(21-8-12-5(2)15-18-8)22-9-13-6(3)16-19-9/h1-3H3,(H,11,14,17)(H,12,15,18)(H,13,16,19). The van der Waals surface area contributed by atoms with Crippen LogP contribution in [0.5, 0.6) is 18.0 Å². The molecule has 0 unspecified atom stereocenters. The van der Waals surface area contributed by atoms with Crippen molar-refractivity contribution in [2.45, 2.75) is 20.8 Å². The number of H-pyrrole nitrogens is 3. The van der Waals surface area contributed by atoms with E-state index in [2.05, 4.69) is 45.5 Å². The molecule has 12 nitrogen and oxygen atoms in total. The normalized spacial score (nSPS) is 10.5. The van der Waals surface area contributed by atoms with Gasteiger partial charge in [0.2, 0.25) is 0 Å². The largest absolute Gasteiger partial charge is 0.870 e. The molecule has 0 aromatic carbocycles. The molecular weight excluding hydrogens is 293 g/mol. The molecule has 0 atom stereocenters. The Bertz CT molecular complexity index is 652. The molecular formula is C9H12BN9O3. The van der Waals surface area contributed by atoms with Gasteiger partial charge in [0.1, 0.15) is 17.5 Å². The van der Waals surface area contributed by atoms with Crippen LogP contribution in [0.15, 0.2) is 0 Å². The summed E-state index contributed by atoms with van der Waals surface area (Å²) >= 11 is 0. The molecule has 0 aliphatic carbocycles. The van der Waals surface area contributed by atoms with E-state index in [1.54, 1.807) is 20.8 Å². The number of nitrogens with one attached hydrogen (secondary N) is 3. The van der Waals surface area contributed by atoms with Crippen LogP contribution in [-0.2, 0) is 0 Å². The molecule has 3 aromatic heterocycles. The van der Waals surface area contributed by atoms with E-state index >= 15 is 0 Å². The lowest BCUT2D eigenvalue weighted by Crippen LogP contribution is -2.38. The molecule has 3 aromatic rings. The Balaban J connectivity index is 1.74. The third-order valence-corrected chi connectivity index (χ3v) is 2.33. The van der Waals surface area contributed by atoms with Crippen LogP contribution in [0.4, 0.5) is 0 Å². The molecule has 0 saturated carbocycles. The van der Waals surface area contributed by atoms with Crippen molar-refractivity contribution in [3.63, 3.8) is 0 Å². The summed E-state index contributed by atoms with van der Waals surface area (Å²) in [6, 6.07) is 0.131. The molecule has 0 spiro atoms. The van der Waals surface area contributed by atoms with Crippen molar-refractivity contribution in [3.05, 3.63) is 17.5 Å². The highest BCUT2D eigenvalue weighted by atomic mass is 16.7. The molecule has 13 heteroatoms. The topological polar surface area (TPSA) is 152 Å². The van der Waals surface area contributed by atoms with E-state index in [9.17, 15) is 0 Å². The van der Waals surface area contributed by atoms with Crippen LogP contribution in [0.3, 0.4) is 0 Å². The second-order valence-electron chi connectivity index (χ2n) is 4.25. The Labute approximate surface area is 124 Å². The van der Waals surface area contributed by atoms with Crippen molar-refractivity contribution in [3.8, 4) is 18.0 Å². The Morgan fingerprint density at radius 3 is 1.18 bits per heavy atom. The molecule has 0 fully saturated rings. The van der Waals surface area contributed by atoms with Crippen LogP contribution >= 0.6 is 0 Å². The average Bonchev–Trinajstić information content (AvgIpc) is 3.14. The zero-order valence-electron chi connectivity index (χ0n) is 12.0. The number of rotatable bonds is 6. The Morgan fingerprint density at radius 2 is 0.955 bits per heavy atom. The third-order valence-electron chi connectivity index (χ3n) is 2.33. The summed E-state index contributed by atoms with van der Waals surface area (Å²) in [6.07, 6.45) is 0. The van der Waals surface area contributed by atoms with E-state index in [-0.39, 0.29) is 18.0 Å². The van der Waals surface area contributed by atoms with Gasteiger partial charge >= 0.3 is 25.4 Å². The summed E-state index contributed by atoms with van der Waals surface area (Å²) in [4.78, 5) is 12.0. The van der Waals surface area contributed by atoms with E-state index in [1.165, 1.54) is 0 Å². The van der Waals surface area contributed by atoms with E-state index < -0.39 is 7.32 Å². The van der Waals surface area contributed by atoms with Gasteiger partial charge in [-0.2, -0.15) is 15.0 Å². The maximum Gasteiger partial charge on any atom is 0.870 e. The highest BCUT2D eigenvalue weighted by Crippen LogP contribution is 2.10. The molecule has 0 saturated heterocycles. The summed E-state index contributed by atoms with van der Waals surface area (Å²) in [5, 5.41) is 19.4. The summed E-state index contributed by atoms with van der Waals surface area (Å²) in [5.41, 5.74) is 0. The maximum atomic E-state index is 5.38. The van der Waals surface area contributed by atoms with Gasteiger partial charge in [0, 0.05) is 0 Å². The van der Waals surface area contributed by atoms with E-state index in [0.717, 1.165) is 0 Å². The SMILES string of the molecule is Cc1nc(OB(Oc2n[nH]c(C)n2)Oc2n[nH]c(C)n2)n[nH]1. The second kappa shape index (κ2) is 5.71. The fourth-order valence-electron chi connectivity index (χ4n) is 1.46. The molecule has 3 N–H and O–H groups in total. The molecule has 22 heavy (non-hydrogen) atoms. The first-order valence-corrected chi connectivity index (χ1v) is 6.25. The molecule has 0 bridgehead atoms. The molecule has 3 heterocycles. The number of hydrogen-bond donors (Lipinski definition) is 3. The zero-order valence-corrected chi connectivity index (χ0v) is 12.0. The monoisotopic (exact) mass is 305 g/mol. The van der Waals surface area contributed by atoms with Crippen LogP contribution in [0.2, 0.25) is 0 Å². The third kappa shape index (κ3) is 3.31. The molecule has 3 rings (SSSR count). The molecule has 0 aliphatic heterocycles. The van der Waals surface area contributed by atoms with Crippen molar-refractivity contribution in [2.24, 2.45) is 0 Å². The maximum absolute atomic E-state index is 5.38. The fourth-order valence-corrected chi connectivity index (χ4v) is 1.46. The minimum atomic E-state index is -1.26. The summed E-state index contributed by atoms with van der Waals surface area (Å²) < 4.78 is 16.1. The number of aromatic amines is 3. The van der Waals surface area contributed by atoms with E-state index in [4.69, 9.17) is 14.0 Å². The minimum absolute atomic E-state index is 0.0435. The summed E-state index contributed by atoms with van der Waals surface area (Å²) in [5.74, 6) is 1.74. The van der Waals surface area contributed by atoms with E-state index in [0.29, 0.717) is 17.5 Å². The van der Waals surface area contributed by atoms with Gasteiger partial charge in [-0.05, 0) is 20.8 Å². The molecule has 114 valence electrons. The number of nitrogens with zero attached hydrogens (tertiary/aromatic N) is 6. The molecule has 0 radical (unpaired) electrons. The van der Waals surface area contributed by atoms with Crippen molar-refractivity contribution in [2.75, 3.05) is 0 Å². The predicted molar refractivity (Wildman–Crippen MR) is 71.0 cm³/mol. The Kier molecular flexibility index (Phi) is 3.59. The van der Waals surface area contributed by atoms with Crippen LogP contribution in [0.25, 0.3) is 0 Å². The zero-order chi connectivity index (χ0) is 15.5. The van der Waals surface area contributed by atoms with Gasteiger partial charge in [-0.1, -0.05) is 0 Å². The Hall–Kier alpha value is -3.12. The van der Waals surface area contributed by atoms with Crippen molar-refractivity contribution in [1.29, 1.82) is 0 Å². The van der Waals surface area contributed by atoms with Crippen LogP contribution in [0.1, 0.15) is 17.5 Å². The van der Waals surface area contributed by atoms with Gasteiger partial charge in [0.15, 0.2) is 0 Å². The van der Waals surface area contributed by atoms with Gasteiger partial charge in [-0.15, -0.1) is 15.3 Å². The van der Waals surface area contributed by atoms with Crippen molar-refractivity contribution in [1.82, 2.24) is 45.5 Å². The molecule has 0 amide bonds. The molecule has 0 aliphatic rings. The van der Waals surface area contributed by atoms with Crippen LogP contribution in [-0.4, -0.2) is 52.9 Å². The van der Waals surface area contributed by atoms with Gasteiger partial charge in [0.05, 0.1) is 0 Å². The predicted octanol–water partition coefficient (Wildman–Crippen LogP) is -0.512. The van der Waals surface area contributed by atoms with Crippen LogP contribution in [0, 0.1) is 20.8 Å². The number of aromatic nitrogens is 9. The lowest BCUT2D eigenvalue weighted by atomic mass is 10.2. The average molecular weight is 305 g/mol. The fraction of sp³-hybridized carbons (Fsp3) is 0.333. The van der Waals surface area contributed by atoms with Crippen molar-refractivity contribution >= 4 is 7.32 Å². The van der Waals surface area contributed by atoms with Crippen LogP contribution < -0.4 is 14.0 Å². The van der Waals surface area contributed by atoms with Gasteiger partial charge in [-0.3, -0.25) is 15.3 Å². The first kappa shape index (κ1) is 13.8. The first-order chi connectivity index (χ1) is 10.6. The Morgan fingerprint density at radius 1 is 0.636 bits per heavy atom. The number of hydrogen-bond acceptors (Lipinski definition) is 9. The lowest BCUT2D eigenvalue weighted by Gasteiger charge is -2.09. The van der Waals surface area contributed by atoms with Crippen molar-refractivity contribution < 1.29 is 14.0 Å². The van der Waals surface area contributed by atoms with Gasteiger partial charge < -0.3 is 14.0 Å². The minimum Gasteiger partial charge on any atom is -0.459 e. The smallest absolute Gasteiger partial charge is 0.459 e. The highest BCUT2D eigenvalue weighted by Gasteiger charge is 2.34. The quantitative estimate of drug-likeness (QED) is 0.511. The summed E-state index contributed by atoms with van der Waals surface area (Å²) in [7, 11) is -1.26. The second-order valence-corrected chi connectivity index (χ2v) is 4.25. The highest BCUT2D eigenvalue weighted by molar-refractivity contribution is 6.39. The van der Waals surface area contributed by atoms with Gasteiger partial charge in [0.25, 0.3) is 0 Å². The first-order valence-electron chi connectivity index (χ1n) is 6.25. The van der Waals surface area contributed by atoms with E-state index in [1.807, 2.05) is 0 Å².